The number of amides is 3. The van der Waals surface area contributed by atoms with Crippen LogP contribution in [0, 0.1) is 11.7 Å². The van der Waals surface area contributed by atoms with E-state index in [0.29, 0.717) is 37.9 Å². The van der Waals surface area contributed by atoms with Gasteiger partial charge in [0.2, 0.25) is 5.91 Å². The van der Waals surface area contributed by atoms with E-state index in [4.69, 9.17) is 0 Å². The summed E-state index contributed by atoms with van der Waals surface area (Å²) in [6.45, 7) is 4.69. The van der Waals surface area contributed by atoms with Crippen molar-refractivity contribution >= 4 is 11.9 Å². The van der Waals surface area contributed by atoms with E-state index in [1.807, 2.05) is 19.9 Å². The molecule has 0 aliphatic heterocycles. The van der Waals surface area contributed by atoms with Gasteiger partial charge in [0, 0.05) is 19.0 Å². The van der Waals surface area contributed by atoms with Gasteiger partial charge >= 0.3 is 6.03 Å². The average Bonchev–Trinajstić information content (AvgIpc) is 2.91. The predicted octanol–water partition coefficient (Wildman–Crippen LogP) is 2.27. The number of carbonyl (C=O) groups excluding carboxylic acids is 2. The molecule has 3 amide bonds. The van der Waals surface area contributed by atoms with Crippen molar-refractivity contribution in [3.05, 3.63) is 35.1 Å². The highest BCUT2D eigenvalue weighted by molar-refractivity contribution is 5.77. The molecule has 0 radical (unpaired) electrons. The van der Waals surface area contributed by atoms with Crippen molar-refractivity contribution in [2.24, 2.45) is 5.92 Å². The summed E-state index contributed by atoms with van der Waals surface area (Å²) >= 11 is 0. The van der Waals surface area contributed by atoms with Gasteiger partial charge in [0.1, 0.15) is 5.82 Å². The van der Waals surface area contributed by atoms with Crippen LogP contribution in [0.3, 0.4) is 0 Å². The van der Waals surface area contributed by atoms with Gasteiger partial charge < -0.3 is 16.0 Å². The number of urea groups is 1. The molecule has 1 aliphatic carbocycles. The Morgan fingerprint density at radius 3 is 2.74 bits per heavy atom. The first-order chi connectivity index (χ1) is 11.0. The maximum atomic E-state index is 13.6. The Morgan fingerprint density at radius 2 is 2.00 bits per heavy atom. The van der Waals surface area contributed by atoms with Crippen molar-refractivity contribution in [2.75, 3.05) is 13.1 Å². The van der Waals surface area contributed by atoms with Gasteiger partial charge in [-0.05, 0) is 36.5 Å². The smallest absolute Gasteiger partial charge is 0.315 e. The molecule has 1 unspecified atom stereocenters. The summed E-state index contributed by atoms with van der Waals surface area (Å²) in [5, 5.41) is 8.43. The quantitative estimate of drug-likeness (QED) is 0.704. The van der Waals surface area contributed by atoms with Crippen LogP contribution in [0.4, 0.5) is 9.18 Å². The van der Waals surface area contributed by atoms with E-state index in [2.05, 4.69) is 16.0 Å². The third-order valence-corrected chi connectivity index (χ3v) is 3.98. The van der Waals surface area contributed by atoms with E-state index in [9.17, 15) is 14.0 Å². The number of carbonyl (C=O) groups is 2. The van der Waals surface area contributed by atoms with Gasteiger partial charge in [-0.2, -0.15) is 0 Å². The highest BCUT2D eigenvalue weighted by atomic mass is 19.1. The van der Waals surface area contributed by atoms with Gasteiger partial charge in [0.25, 0.3) is 0 Å². The number of benzene rings is 1. The average molecular weight is 321 g/mol. The normalized spacial score (nSPS) is 16.1. The molecule has 1 aromatic rings. The number of hydrogen-bond donors (Lipinski definition) is 3. The highest BCUT2D eigenvalue weighted by Gasteiger charge is 2.25. The zero-order valence-corrected chi connectivity index (χ0v) is 13.6. The van der Waals surface area contributed by atoms with Gasteiger partial charge in [-0.15, -0.1) is 0 Å². The summed E-state index contributed by atoms with van der Waals surface area (Å²) in [6.07, 6.45) is 2.03. The fourth-order valence-electron chi connectivity index (χ4n) is 2.67. The van der Waals surface area contributed by atoms with E-state index in [-0.39, 0.29) is 29.7 Å². The molecule has 5 nitrogen and oxygen atoms in total. The fourth-order valence-corrected chi connectivity index (χ4v) is 2.67. The van der Waals surface area contributed by atoms with Crippen LogP contribution in [0.15, 0.2) is 18.2 Å². The minimum atomic E-state index is -0.262. The topological polar surface area (TPSA) is 70.2 Å². The van der Waals surface area contributed by atoms with E-state index in [1.165, 1.54) is 6.07 Å². The zero-order valence-electron chi connectivity index (χ0n) is 13.6. The Labute approximate surface area is 136 Å². The second-order valence-corrected chi connectivity index (χ2v) is 6.10. The van der Waals surface area contributed by atoms with Crippen LogP contribution in [0.2, 0.25) is 0 Å². The fraction of sp³-hybridized carbons (Fsp3) is 0.529. The molecule has 1 aliphatic rings. The molecular formula is C17H24FN3O2. The molecule has 23 heavy (non-hydrogen) atoms. The summed E-state index contributed by atoms with van der Waals surface area (Å²) < 4.78 is 13.6. The molecule has 0 aromatic heterocycles. The van der Waals surface area contributed by atoms with Crippen LogP contribution in [0.1, 0.15) is 43.9 Å². The highest BCUT2D eigenvalue weighted by Crippen LogP contribution is 2.32. The summed E-state index contributed by atoms with van der Waals surface area (Å²) in [7, 11) is 0. The minimum Gasteiger partial charge on any atom is -0.356 e. The monoisotopic (exact) mass is 321 g/mol. The van der Waals surface area contributed by atoms with E-state index >= 15 is 0 Å². The van der Waals surface area contributed by atoms with Gasteiger partial charge in [-0.3, -0.25) is 4.79 Å². The van der Waals surface area contributed by atoms with Gasteiger partial charge in [-0.25, -0.2) is 9.18 Å². The SMILES string of the molecule is CC(C)C(=O)NCCCNC(=O)NC1CCc2c(F)cccc21. The lowest BCUT2D eigenvalue weighted by Crippen LogP contribution is -2.39. The number of rotatable bonds is 6. The Hall–Kier alpha value is -2.11. The van der Waals surface area contributed by atoms with Crippen LogP contribution in [-0.2, 0) is 11.2 Å². The number of hydrogen-bond acceptors (Lipinski definition) is 2. The second-order valence-electron chi connectivity index (χ2n) is 6.10. The molecule has 0 heterocycles. The number of nitrogens with one attached hydrogen (secondary N) is 3. The van der Waals surface area contributed by atoms with E-state index in [1.54, 1.807) is 6.07 Å². The largest absolute Gasteiger partial charge is 0.356 e. The molecule has 126 valence electrons. The molecule has 0 bridgehead atoms. The summed E-state index contributed by atoms with van der Waals surface area (Å²) in [4.78, 5) is 23.3. The lowest BCUT2D eigenvalue weighted by atomic mass is 10.1. The standard InChI is InChI=1S/C17H24FN3O2/c1-11(2)16(22)19-9-4-10-20-17(23)21-15-8-7-12-13(15)5-3-6-14(12)18/h3,5-6,11,15H,4,7-10H2,1-2H3,(H,19,22)(H2,20,21,23). The van der Waals surface area contributed by atoms with Gasteiger partial charge in [0.15, 0.2) is 0 Å². The number of fused-ring (bicyclic) bond motifs is 1. The van der Waals surface area contributed by atoms with Crippen molar-refractivity contribution in [3.63, 3.8) is 0 Å². The Morgan fingerprint density at radius 1 is 1.26 bits per heavy atom. The molecule has 3 N–H and O–H groups in total. The molecule has 0 fully saturated rings. The summed E-state index contributed by atoms with van der Waals surface area (Å²) in [5.41, 5.74) is 1.57. The van der Waals surface area contributed by atoms with E-state index in [0.717, 1.165) is 5.56 Å². The molecule has 0 saturated heterocycles. The zero-order chi connectivity index (χ0) is 16.8. The van der Waals surface area contributed by atoms with Crippen molar-refractivity contribution < 1.29 is 14.0 Å². The lowest BCUT2D eigenvalue weighted by molar-refractivity contribution is -0.123. The Balaban J connectivity index is 1.69. The van der Waals surface area contributed by atoms with Crippen molar-refractivity contribution in [1.29, 1.82) is 0 Å². The molecule has 1 atom stereocenters. The van der Waals surface area contributed by atoms with Crippen LogP contribution >= 0.6 is 0 Å². The Kier molecular flexibility index (Phi) is 5.96. The third kappa shape index (κ3) is 4.68. The molecule has 2 rings (SSSR count). The molecule has 1 aromatic carbocycles. The first kappa shape index (κ1) is 17.2. The van der Waals surface area contributed by atoms with Crippen LogP contribution in [0.25, 0.3) is 0 Å². The maximum Gasteiger partial charge on any atom is 0.315 e. The van der Waals surface area contributed by atoms with Gasteiger partial charge in [0.05, 0.1) is 6.04 Å². The molecule has 0 saturated carbocycles. The van der Waals surface area contributed by atoms with Gasteiger partial charge in [-0.1, -0.05) is 26.0 Å². The van der Waals surface area contributed by atoms with E-state index < -0.39 is 0 Å². The predicted molar refractivity (Wildman–Crippen MR) is 86.5 cm³/mol. The van der Waals surface area contributed by atoms with Crippen molar-refractivity contribution in [3.8, 4) is 0 Å². The van der Waals surface area contributed by atoms with Crippen LogP contribution in [-0.4, -0.2) is 25.0 Å². The van der Waals surface area contributed by atoms with Crippen LogP contribution in [0.5, 0.6) is 0 Å². The van der Waals surface area contributed by atoms with Crippen molar-refractivity contribution in [2.45, 2.75) is 39.2 Å². The molecule has 0 spiro atoms. The first-order valence-electron chi connectivity index (χ1n) is 8.08. The summed E-state index contributed by atoms with van der Waals surface area (Å²) in [5.74, 6) is -0.221. The molecular weight excluding hydrogens is 297 g/mol. The summed E-state index contributed by atoms with van der Waals surface area (Å²) in [6, 6.07) is 4.58. The maximum absolute atomic E-state index is 13.6. The second kappa shape index (κ2) is 7.94. The first-order valence-corrected chi connectivity index (χ1v) is 8.08. The lowest BCUT2D eigenvalue weighted by Gasteiger charge is -2.15. The van der Waals surface area contributed by atoms with Crippen LogP contribution < -0.4 is 16.0 Å². The number of halogens is 1. The Bertz CT molecular complexity index is 575. The minimum absolute atomic E-state index is 0.0130. The third-order valence-electron chi connectivity index (χ3n) is 3.98. The van der Waals surface area contributed by atoms with Crippen molar-refractivity contribution in [1.82, 2.24) is 16.0 Å². The molecule has 6 heteroatoms.